The fourth-order valence-electron chi connectivity index (χ4n) is 1.27. The van der Waals surface area contributed by atoms with Crippen molar-refractivity contribution < 1.29 is 45.2 Å². The lowest BCUT2D eigenvalue weighted by Crippen LogP contribution is -2.22. The van der Waals surface area contributed by atoms with Gasteiger partial charge in [0.25, 0.3) is 0 Å². The second kappa shape index (κ2) is 6.23. The Balaban J connectivity index is 4.35. The Labute approximate surface area is 98.2 Å². The predicted molar refractivity (Wildman–Crippen MR) is 47.4 cm³/mol. The molecule has 0 aliphatic rings. The average Bonchev–Trinajstić information content (AvgIpc) is 1.93. The molecule has 0 radical (unpaired) electrons. The van der Waals surface area contributed by atoms with Gasteiger partial charge in [0.05, 0.1) is 6.61 Å². The Morgan fingerprint density at radius 2 is 1.39 bits per heavy atom. The molecule has 0 heterocycles. The van der Waals surface area contributed by atoms with Crippen molar-refractivity contribution in [3.63, 3.8) is 0 Å². The quantitative estimate of drug-likeness (QED) is 0.585. The molecular weight excluding hydrogens is 293 g/mol. The van der Waals surface area contributed by atoms with Crippen LogP contribution in [0.3, 0.4) is 0 Å². The van der Waals surface area contributed by atoms with Crippen LogP contribution in [-0.2, 0) is 9.09 Å². The van der Waals surface area contributed by atoms with Gasteiger partial charge in [0.1, 0.15) is 0 Å². The molecule has 18 heavy (non-hydrogen) atoms. The topological polar surface area (TPSA) is 66.8 Å². The van der Waals surface area contributed by atoms with Crippen molar-refractivity contribution in [1.29, 1.82) is 0 Å². The standard InChI is InChI=1S/C7H11F6O4P/c8-6(9,10)3-5(4-7(11,12)13)1-2-17-18(14,15)16/h5H,1-4H2,(H2,14,15,16). The Morgan fingerprint density at radius 3 is 1.67 bits per heavy atom. The van der Waals surface area contributed by atoms with E-state index in [1.54, 1.807) is 0 Å². The van der Waals surface area contributed by atoms with Gasteiger partial charge in [0, 0.05) is 12.8 Å². The molecule has 0 unspecified atom stereocenters. The van der Waals surface area contributed by atoms with Crippen LogP contribution in [0.25, 0.3) is 0 Å². The fourth-order valence-corrected chi connectivity index (χ4v) is 1.61. The van der Waals surface area contributed by atoms with Crippen LogP contribution in [0.5, 0.6) is 0 Å². The molecule has 0 aliphatic heterocycles. The number of alkyl halides is 6. The first-order valence-electron chi connectivity index (χ1n) is 4.62. The van der Waals surface area contributed by atoms with E-state index in [0.717, 1.165) is 0 Å². The molecule has 11 heteroatoms. The van der Waals surface area contributed by atoms with Crippen molar-refractivity contribution >= 4 is 7.82 Å². The van der Waals surface area contributed by atoms with Crippen LogP contribution in [0.4, 0.5) is 26.3 Å². The zero-order valence-corrected chi connectivity index (χ0v) is 9.73. The minimum absolute atomic E-state index is 0.746. The molecule has 0 saturated carbocycles. The molecule has 0 aromatic carbocycles. The van der Waals surface area contributed by atoms with Crippen molar-refractivity contribution in [3.05, 3.63) is 0 Å². The fraction of sp³-hybridized carbons (Fsp3) is 1.00. The Kier molecular flexibility index (Phi) is 6.12. The zero-order chi connectivity index (χ0) is 14.6. The maximum absolute atomic E-state index is 12.0. The normalized spacial score (nSPS) is 14.3. The van der Waals surface area contributed by atoms with Crippen molar-refractivity contribution in [1.82, 2.24) is 0 Å². The summed E-state index contributed by atoms with van der Waals surface area (Å²) < 4.78 is 85.9. The minimum Gasteiger partial charge on any atom is -0.303 e. The number of halogens is 6. The second-order valence-electron chi connectivity index (χ2n) is 3.62. The van der Waals surface area contributed by atoms with Crippen molar-refractivity contribution in [2.24, 2.45) is 5.92 Å². The lowest BCUT2D eigenvalue weighted by atomic mass is 9.97. The van der Waals surface area contributed by atoms with Gasteiger partial charge in [-0.2, -0.15) is 26.3 Å². The molecule has 0 aromatic rings. The van der Waals surface area contributed by atoms with Gasteiger partial charge < -0.3 is 9.79 Å². The Bertz CT molecular complexity index is 279. The van der Waals surface area contributed by atoms with Crippen LogP contribution < -0.4 is 0 Å². The van der Waals surface area contributed by atoms with Gasteiger partial charge in [-0.15, -0.1) is 0 Å². The molecule has 0 rings (SSSR count). The predicted octanol–water partition coefficient (Wildman–Crippen LogP) is 3.01. The molecule has 0 fully saturated rings. The summed E-state index contributed by atoms with van der Waals surface area (Å²) in [7, 11) is -4.89. The third kappa shape index (κ3) is 12.2. The van der Waals surface area contributed by atoms with E-state index in [4.69, 9.17) is 9.79 Å². The summed E-state index contributed by atoms with van der Waals surface area (Å²) in [6.45, 7) is -0.874. The van der Waals surface area contributed by atoms with Crippen LogP contribution >= 0.6 is 7.82 Å². The molecule has 110 valence electrons. The van der Waals surface area contributed by atoms with Crippen molar-refractivity contribution in [2.75, 3.05) is 6.61 Å². The van der Waals surface area contributed by atoms with E-state index in [-0.39, 0.29) is 0 Å². The molecule has 4 nitrogen and oxygen atoms in total. The number of hydrogen-bond donors (Lipinski definition) is 2. The van der Waals surface area contributed by atoms with E-state index in [0.29, 0.717) is 0 Å². The van der Waals surface area contributed by atoms with Gasteiger partial charge >= 0.3 is 20.2 Å². The third-order valence-electron chi connectivity index (χ3n) is 1.83. The first kappa shape index (κ1) is 17.7. The highest BCUT2D eigenvalue weighted by molar-refractivity contribution is 7.46. The van der Waals surface area contributed by atoms with Crippen LogP contribution in [0, 0.1) is 5.92 Å². The van der Waals surface area contributed by atoms with Crippen LogP contribution in [0.15, 0.2) is 0 Å². The van der Waals surface area contributed by atoms with Gasteiger partial charge in [-0.05, 0) is 12.3 Å². The Hall–Kier alpha value is -0.310. The minimum atomic E-state index is -4.89. The van der Waals surface area contributed by atoms with Gasteiger partial charge in [0.15, 0.2) is 0 Å². The SMILES string of the molecule is O=P(O)(O)OCCC(CC(F)(F)F)CC(F)(F)F. The average molecular weight is 304 g/mol. The molecule has 0 saturated heterocycles. The molecule has 0 spiro atoms. The molecule has 0 atom stereocenters. The first-order valence-corrected chi connectivity index (χ1v) is 6.15. The summed E-state index contributed by atoms with van der Waals surface area (Å²) >= 11 is 0. The van der Waals surface area contributed by atoms with Gasteiger partial charge in [-0.1, -0.05) is 0 Å². The van der Waals surface area contributed by atoms with Gasteiger partial charge in [-0.3, -0.25) is 4.52 Å². The van der Waals surface area contributed by atoms with E-state index < -0.39 is 52.0 Å². The summed E-state index contributed by atoms with van der Waals surface area (Å²) in [4.78, 5) is 16.5. The van der Waals surface area contributed by atoms with Crippen LogP contribution in [-0.4, -0.2) is 28.7 Å². The molecule has 0 aromatic heterocycles. The molecule has 0 aliphatic carbocycles. The maximum atomic E-state index is 12.0. The van der Waals surface area contributed by atoms with Crippen LogP contribution in [0.2, 0.25) is 0 Å². The second-order valence-corrected chi connectivity index (χ2v) is 4.86. The number of rotatable bonds is 6. The summed E-state index contributed by atoms with van der Waals surface area (Å²) in [5.41, 5.74) is 0. The molecule has 2 N–H and O–H groups in total. The van der Waals surface area contributed by atoms with E-state index in [9.17, 15) is 30.9 Å². The van der Waals surface area contributed by atoms with E-state index in [2.05, 4.69) is 4.52 Å². The van der Waals surface area contributed by atoms with Crippen LogP contribution in [0.1, 0.15) is 19.3 Å². The number of hydrogen-bond acceptors (Lipinski definition) is 2. The maximum Gasteiger partial charge on any atom is 0.469 e. The highest BCUT2D eigenvalue weighted by Gasteiger charge is 2.38. The summed E-state index contributed by atoms with van der Waals surface area (Å²) in [5.74, 6) is -1.82. The summed E-state index contributed by atoms with van der Waals surface area (Å²) in [5, 5.41) is 0. The van der Waals surface area contributed by atoms with Gasteiger partial charge in [-0.25, -0.2) is 4.57 Å². The first-order chi connectivity index (χ1) is 7.79. The lowest BCUT2D eigenvalue weighted by molar-refractivity contribution is -0.174. The molecule has 0 amide bonds. The van der Waals surface area contributed by atoms with Gasteiger partial charge in [0.2, 0.25) is 0 Å². The zero-order valence-electron chi connectivity index (χ0n) is 8.83. The van der Waals surface area contributed by atoms with Crippen molar-refractivity contribution in [3.8, 4) is 0 Å². The third-order valence-corrected chi connectivity index (χ3v) is 2.34. The summed E-state index contributed by atoms with van der Waals surface area (Å²) in [6, 6.07) is 0. The summed E-state index contributed by atoms with van der Waals surface area (Å²) in [6.07, 6.45) is -13.7. The highest BCUT2D eigenvalue weighted by atomic mass is 31.2. The van der Waals surface area contributed by atoms with E-state index in [1.165, 1.54) is 0 Å². The van der Waals surface area contributed by atoms with E-state index >= 15 is 0 Å². The highest BCUT2D eigenvalue weighted by Crippen LogP contribution is 2.38. The molecular formula is C7H11F6O4P. The van der Waals surface area contributed by atoms with Crippen molar-refractivity contribution in [2.45, 2.75) is 31.6 Å². The largest absolute Gasteiger partial charge is 0.469 e. The molecule has 0 bridgehead atoms. The Morgan fingerprint density at radius 1 is 1.00 bits per heavy atom. The number of phosphoric acid groups is 1. The monoisotopic (exact) mass is 304 g/mol. The van der Waals surface area contributed by atoms with E-state index in [1.807, 2.05) is 0 Å². The lowest BCUT2D eigenvalue weighted by Gasteiger charge is -2.20. The smallest absolute Gasteiger partial charge is 0.303 e. The number of phosphoric ester groups is 1.